The maximum atomic E-state index is 5.58. The fourth-order valence-electron chi connectivity index (χ4n) is 2.82. The van der Waals surface area contributed by atoms with Crippen molar-refractivity contribution in [3.8, 4) is 0 Å². The van der Waals surface area contributed by atoms with Crippen molar-refractivity contribution in [2.75, 3.05) is 19.8 Å². The zero-order chi connectivity index (χ0) is 13.1. The lowest BCUT2D eigenvalue weighted by atomic mass is 9.98. The summed E-state index contributed by atoms with van der Waals surface area (Å²) in [5.74, 6) is 0.995. The molecule has 18 heavy (non-hydrogen) atoms. The first-order valence-electron chi connectivity index (χ1n) is 8.18. The van der Waals surface area contributed by atoms with Crippen molar-refractivity contribution >= 4 is 0 Å². The molecule has 1 saturated carbocycles. The molecule has 0 spiro atoms. The summed E-state index contributed by atoms with van der Waals surface area (Å²) in [5, 5.41) is 3.72. The van der Waals surface area contributed by atoms with Gasteiger partial charge in [-0.15, -0.1) is 0 Å². The van der Waals surface area contributed by atoms with Crippen LogP contribution < -0.4 is 5.32 Å². The number of rotatable bonds is 9. The van der Waals surface area contributed by atoms with Gasteiger partial charge < -0.3 is 10.1 Å². The highest BCUT2D eigenvalue weighted by Crippen LogP contribution is 2.25. The molecule has 0 aromatic heterocycles. The highest BCUT2D eigenvalue weighted by atomic mass is 16.5. The van der Waals surface area contributed by atoms with Crippen molar-refractivity contribution in [2.24, 2.45) is 5.92 Å². The molecule has 0 amide bonds. The van der Waals surface area contributed by atoms with Gasteiger partial charge in [-0.25, -0.2) is 0 Å². The molecule has 2 atom stereocenters. The molecule has 108 valence electrons. The Morgan fingerprint density at radius 1 is 1.00 bits per heavy atom. The summed E-state index contributed by atoms with van der Waals surface area (Å²) in [6, 6.07) is 0.775. The number of nitrogens with one attached hydrogen (secondary N) is 1. The van der Waals surface area contributed by atoms with Crippen molar-refractivity contribution in [1.82, 2.24) is 5.32 Å². The van der Waals surface area contributed by atoms with Gasteiger partial charge in [0.25, 0.3) is 0 Å². The molecule has 2 unspecified atom stereocenters. The molecule has 0 aromatic rings. The molecule has 2 heteroatoms. The number of hydrogen-bond donors (Lipinski definition) is 1. The molecule has 1 fully saturated rings. The average Bonchev–Trinajstić information content (AvgIpc) is 2.63. The number of hydrogen-bond acceptors (Lipinski definition) is 2. The Morgan fingerprint density at radius 3 is 2.61 bits per heavy atom. The smallest absolute Gasteiger partial charge is 0.0478 e. The third-order valence-electron chi connectivity index (χ3n) is 4.21. The fraction of sp³-hybridized carbons (Fsp3) is 1.00. The quantitative estimate of drug-likeness (QED) is 0.494. The average molecular weight is 255 g/mol. The topological polar surface area (TPSA) is 21.3 Å². The third kappa shape index (κ3) is 7.38. The van der Waals surface area contributed by atoms with E-state index in [0.717, 1.165) is 38.1 Å². The van der Waals surface area contributed by atoms with Gasteiger partial charge in [0.1, 0.15) is 0 Å². The minimum atomic E-state index is 0.775. The molecule has 1 rings (SSSR count). The highest BCUT2D eigenvalue weighted by Gasteiger charge is 2.16. The van der Waals surface area contributed by atoms with E-state index in [0.29, 0.717) is 0 Å². The third-order valence-corrected chi connectivity index (χ3v) is 4.21. The first-order valence-corrected chi connectivity index (χ1v) is 8.18. The van der Waals surface area contributed by atoms with Crippen LogP contribution in [0.15, 0.2) is 0 Å². The van der Waals surface area contributed by atoms with Gasteiger partial charge in [0.2, 0.25) is 0 Å². The van der Waals surface area contributed by atoms with Gasteiger partial charge in [-0.2, -0.15) is 0 Å². The van der Waals surface area contributed by atoms with Crippen LogP contribution in [0.5, 0.6) is 0 Å². The second kappa shape index (κ2) is 10.8. The highest BCUT2D eigenvalue weighted by molar-refractivity contribution is 4.74. The van der Waals surface area contributed by atoms with Crippen LogP contribution in [0.4, 0.5) is 0 Å². The molecule has 1 aliphatic rings. The molecule has 0 saturated heterocycles. The summed E-state index contributed by atoms with van der Waals surface area (Å²) < 4.78 is 5.58. The van der Waals surface area contributed by atoms with Crippen LogP contribution >= 0.6 is 0 Å². The maximum Gasteiger partial charge on any atom is 0.0478 e. The number of unbranched alkanes of at least 4 members (excludes halogenated alkanes) is 1. The van der Waals surface area contributed by atoms with E-state index in [-0.39, 0.29) is 0 Å². The largest absolute Gasteiger partial charge is 0.381 e. The van der Waals surface area contributed by atoms with E-state index >= 15 is 0 Å². The van der Waals surface area contributed by atoms with Gasteiger partial charge in [0.15, 0.2) is 0 Å². The summed E-state index contributed by atoms with van der Waals surface area (Å²) in [6.45, 7) is 7.55. The van der Waals surface area contributed by atoms with Crippen molar-refractivity contribution in [1.29, 1.82) is 0 Å². The van der Waals surface area contributed by atoms with E-state index in [1.807, 2.05) is 0 Å². The Bertz CT molecular complexity index is 184. The maximum absolute atomic E-state index is 5.58. The summed E-state index contributed by atoms with van der Waals surface area (Å²) >= 11 is 0. The van der Waals surface area contributed by atoms with Gasteiger partial charge in [-0.1, -0.05) is 39.5 Å². The van der Waals surface area contributed by atoms with Crippen molar-refractivity contribution in [3.63, 3.8) is 0 Å². The van der Waals surface area contributed by atoms with E-state index in [1.165, 1.54) is 51.4 Å². The molecule has 0 bridgehead atoms. The summed E-state index contributed by atoms with van der Waals surface area (Å²) in [5.41, 5.74) is 0. The zero-order valence-electron chi connectivity index (χ0n) is 12.5. The molecular weight excluding hydrogens is 222 g/mol. The van der Waals surface area contributed by atoms with E-state index in [1.54, 1.807) is 0 Å². The number of ether oxygens (including phenoxy) is 1. The molecule has 0 aliphatic heterocycles. The summed E-state index contributed by atoms with van der Waals surface area (Å²) in [6.07, 6.45) is 12.0. The normalized spacial score (nSPS) is 25.0. The summed E-state index contributed by atoms with van der Waals surface area (Å²) in [7, 11) is 0. The van der Waals surface area contributed by atoms with Crippen LogP contribution in [0.1, 0.15) is 71.6 Å². The first kappa shape index (κ1) is 16.0. The Morgan fingerprint density at radius 2 is 1.83 bits per heavy atom. The monoisotopic (exact) mass is 255 g/mol. The predicted molar refractivity (Wildman–Crippen MR) is 79.0 cm³/mol. The molecular formula is C16H33NO. The Hall–Kier alpha value is -0.0800. The zero-order valence-corrected chi connectivity index (χ0v) is 12.5. The predicted octanol–water partition coefficient (Wildman–Crippen LogP) is 4.14. The lowest BCUT2D eigenvalue weighted by Crippen LogP contribution is -2.30. The molecule has 2 nitrogen and oxygen atoms in total. The van der Waals surface area contributed by atoms with Crippen LogP contribution in [0.2, 0.25) is 0 Å². The van der Waals surface area contributed by atoms with Crippen LogP contribution in [0.3, 0.4) is 0 Å². The second-order valence-electron chi connectivity index (χ2n) is 5.75. The molecule has 0 aromatic carbocycles. The van der Waals surface area contributed by atoms with Crippen molar-refractivity contribution in [3.05, 3.63) is 0 Å². The van der Waals surface area contributed by atoms with Crippen molar-refractivity contribution in [2.45, 2.75) is 77.7 Å². The molecule has 0 heterocycles. The fourth-order valence-corrected chi connectivity index (χ4v) is 2.82. The Labute approximate surface area is 114 Å². The van der Waals surface area contributed by atoms with Crippen LogP contribution in [-0.2, 0) is 4.74 Å². The second-order valence-corrected chi connectivity index (χ2v) is 5.75. The minimum absolute atomic E-state index is 0.775. The van der Waals surface area contributed by atoms with Crippen LogP contribution in [0.25, 0.3) is 0 Å². The van der Waals surface area contributed by atoms with Gasteiger partial charge >= 0.3 is 0 Å². The minimum Gasteiger partial charge on any atom is -0.381 e. The van der Waals surface area contributed by atoms with Gasteiger partial charge in [-0.3, -0.25) is 0 Å². The SMILES string of the molecule is CCCCOCCCNC1CCCC(CC)CC1. The van der Waals surface area contributed by atoms with Crippen molar-refractivity contribution < 1.29 is 4.74 Å². The summed E-state index contributed by atoms with van der Waals surface area (Å²) in [4.78, 5) is 0. The molecule has 1 aliphatic carbocycles. The standard InChI is InChI=1S/C16H33NO/c1-3-5-13-18-14-7-12-17-16-9-6-8-15(4-2)10-11-16/h15-17H,3-14H2,1-2H3. The van der Waals surface area contributed by atoms with E-state index in [4.69, 9.17) is 4.74 Å². The molecule has 0 radical (unpaired) electrons. The van der Waals surface area contributed by atoms with Crippen LogP contribution in [-0.4, -0.2) is 25.8 Å². The Balaban J connectivity index is 1.95. The van der Waals surface area contributed by atoms with E-state index in [2.05, 4.69) is 19.2 Å². The Kier molecular flexibility index (Phi) is 9.59. The lowest BCUT2D eigenvalue weighted by molar-refractivity contribution is 0.128. The lowest BCUT2D eigenvalue weighted by Gasteiger charge is -2.16. The first-order chi connectivity index (χ1) is 8.86. The van der Waals surface area contributed by atoms with Gasteiger partial charge in [-0.05, 0) is 44.6 Å². The van der Waals surface area contributed by atoms with Crippen LogP contribution in [0, 0.1) is 5.92 Å². The van der Waals surface area contributed by atoms with E-state index < -0.39 is 0 Å². The van der Waals surface area contributed by atoms with Gasteiger partial charge in [0, 0.05) is 19.3 Å². The molecule has 1 N–H and O–H groups in total. The van der Waals surface area contributed by atoms with Gasteiger partial charge in [0.05, 0.1) is 0 Å². The van der Waals surface area contributed by atoms with E-state index in [9.17, 15) is 0 Å².